The highest BCUT2D eigenvalue weighted by atomic mass is 16.2. The largest absolute Gasteiger partial charge is 0.344 e. The first kappa shape index (κ1) is 15.8. The number of rotatable bonds is 4. The van der Waals surface area contributed by atoms with Crippen LogP contribution < -0.4 is 5.32 Å². The van der Waals surface area contributed by atoms with Gasteiger partial charge in [-0.3, -0.25) is 9.59 Å². The van der Waals surface area contributed by atoms with Crippen molar-refractivity contribution in [3.63, 3.8) is 0 Å². The van der Waals surface area contributed by atoms with Crippen molar-refractivity contribution in [2.75, 3.05) is 7.05 Å². The first-order valence-corrected chi connectivity index (χ1v) is 7.19. The van der Waals surface area contributed by atoms with Crippen LogP contribution in [-0.4, -0.2) is 23.8 Å². The van der Waals surface area contributed by atoms with Gasteiger partial charge in [-0.25, -0.2) is 0 Å². The number of amides is 2. The molecule has 22 heavy (non-hydrogen) atoms. The van der Waals surface area contributed by atoms with Crippen LogP contribution in [0.2, 0.25) is 0 Å². The van der Waals surface area contributed by atoms with Gasteiger partial charge in [0.15, 0.2) is 0 Å². The third-order valence-electron chi connectivity index (χ3n) is 3.50. The minimum absolute atomic E-state index is 0.358. The fourth-order valence-corrected chi connectivity index (χ4v) is 2.16. The van der Waals surface area contributed by atoms with Gasteiger partial charge in [-0.05, 0) is 23.6 Å². The van der Waals surface area contributed by atoms with E-state index in [1.54, 1.807) is 7.05 Å². The van der Waals surface area contributed by atoms with Crippen molar-refractivity contribution in [2.45, 2.75) is 20.0 Å². The molecule has 2 amide bonds. The predicted octanol–water partition coefficient (Wildman–Crippen LogP) is 2.27. The molecule has 4 heteroatoms. The number of carbonyl (C=O) groups excluding carboxylic acids is 2. The van der Waals surface area contributed by atoms with Crippen molar-refractivity contribution in [3.8, 4) is 0 Å². The summed E-state index contributed by atoms with van der Waals surface area (Å²) in [4.78, 5) is 25.4. The van der Waals surface area contributed by atoms with Crippen LogP contribution in [0.1, 0.15) is 16.7 Å². The maximum atomic E-state index is 12.1. The van der Waals surface area contributed by atoms with E-state index in [-0.39, 0.29) is 0 Å². The summed E-state index contributed by atoms with van der Waals surface area (Å²) >= 11 is 0. The molecule has 1 N–H and O–H groups in total. The lowest BCUT2D eigenvalue weighted by Crippen LogP contribution is -2.40. The molecule has 0 aliphatic heterocycles. The van der Waals surface area contributed by atoms with Crippen molar-refractivity contribution in [3.05, 3.63) is 71.3 Å². The number of likely N-dealkylation sites (N-methyl/N-ethyl adjacent to an activating group) is 1. The molecule has 114 valence electrons. The van der Waals surface area contributed by atoms with E-state index in [1.807, 2.05) is 61.5 Å². The maximum absolute atomic E-state index is 12.1. The van der Waals surface area contributed by atoms with Gasteiger partial charge in [-0.15, -0.1) is 0 Å². The second kappa shape index (κ2) is 7.41. The van der Waals surface area contributed by atoms with Crippen molar-refractivity contribution >= 4 is 11.8 Å². The normalized spacial score (nSPS) is 10.1. The smallest absolute Gasteiger partial charge is 0.311 e. The average molecular weight is 296 g/mol. The molecule has 0 fully saturated rings. The van der Waals surface area contributed by atoms with Crippen molar-refractivity contribution in [1.82, 2.24) is 10.2 Å². The van der Waals surface area contributed by atoms with Gasteiger partial charge in [-0.2, -0.15) is 0 Å². The number of hydrogen-bond acceptors (Lipinski definition) is 2. The molecule has 0 aliphatic carbocycles. The maximum Gasteiger partial charge on any atom is 0.311 e. The van der Waals surface area contributed by atoms with Gasteiger partial charge in [0.05, 0.1) is 0 Å². The highest BCUT2D eigenvalue weighted by Gasteiger charge is 2.18. The molecule has 2 aromatic rings. The molecule has 0 radical (unpaired) electrons. The van der Waals surface area contributed by atoms with Gasteiger partial charge < -0.3 is 10.2 Å². The Labute approximate surface area is 130 Å². The summed E-state index contributed by atoms with van der Waals surface area (Å²) in [5, 5.41) is 2.68. The zero-order valence-electron chi connectivity index (χ0n) is 12.9. The highest BCUT2D eigenvalue weighted by Crippen LogP contribution is 2.06. The number of hydrogen-bond donors (Lipinski definition) is 1. The first-order chi connectivity index (χ1) is 10.6. The van der Waals surface area contributed by atoms with Crippen LogP contribution in [0.3, 0.4) is 0 Å². The fourth-order valence-electron chi connectivity index (χ4n) is 2.16. The molecule has 0 spiro atoms. The fraction of sp³-hybridized carbons (Fsp3) is 0.222. The molecule has 0 unspecified atom stereocenters. The molecule has 0 saturated carbocycles. The van der Waals surface area contributed by atoms with Crippen LogP contribution in [0.15, 0.2) is 54.6 Å². The third-order valence-corrected chi connectivity index (χ3v) is 3.50. The Hall–Kier alpha value is -2.62. The van der Waals surface area contributed by atoms with Crippen molar-refractivity contribution in [1.29, 1.82) is 0 Å². The second-order valence-electron chi connectivity index (χ2n) is 5.26. The standard InChI is InChI=1S/C18H20N2O2/c1-14-8-6-7-11-16(14)12-19-17(21)18(22)20(2)13-15-9-4-3-5-10-15/h3-11H,12-13H2,1-2H3,(H,19,21). The van der Waals surface area contributed by atoms with Gasteiger partial charge in [0.2, 0.25) is 0 Å². The molecule has 0 bridgehead atoms. The molecule has 2 rings (SSSR count). The first-order valence-electron chi connectivity index (χ1n) is 7.19. The zero-order chi connectivity index (χ0) is 15.9. The van der Waals surface area contributed by atoms with E-state index in [1.165, 1.54) is 4.90 Å². The van der Waals surface area contributed by atoms with E-state index in [9.17, 15) is 9.59 Å². The molecule has 2 aromatic carbocycles. The highest BCUT2D eigenvalue weighted by molar-refractivity contribution is 6.34. The molecular formula is C18H20N2O2. The van der Waals surface area contributed by atoms with Crippen LogP contribution in [0.25, 0.3) is 0 Å². The second-order valence-corrected chi connectivity index (χ2v) is 5.26. The number of nitrogens with zero attached hydrogens (tertiary/aromatic N) is 1. The average Bonchev–Trinajstić information content (AvgIpc) is 2.54. The molecule has 0 aliphatic rings. The quantitative estimate of drug-likeness (QED) is 0.880. The number of benzene rings is 2. The van der Waals surface area contributed by atoms with Crippen LogP contribution in [-0.2, 0) is 22.7 Å². The zero-order valence-corrected chi connectivity index (χ0v) is 12.9. The van der Waals surface area contributed by atoms with E-state index in [2.05, 4.69) is 5.32 Å². The molecule has 4 nitrogen and oxygen atoms in total. The SMILES string of the molecule is Cc1ccccc1CNC(=O)C(=O)N(C)Cc1ccccc1. The Kier molecular flexibility index (Phi) is 5.31. The lowest BCUT2D eigenvalue weighted by Gasteiger charge is -2.17. The Balaban J connectivity index is 1.89. The third kappa shape index (κ3) is 4.19. The Morgan fingerprint density at radius 2 is 1.64 bits per heavy atom. The molecule has 0 atom stereocenters. The van der Waals surface area contributed by atoms with Crippen LogP contribution >= 0.6 is 0 Å². The van der Waals surface area contributed by atoms with Crippen molar-refractivity contribution in [2.24, 2.45) is 0 Å². The van der Waals surface area contributed by atoms with E-state index < -0.39 is 11.8 Å². The molecule has 0 heterocycles. The summed E-state index contributed by atoms with van der Waals surface area (Å²) in [7, 11) is 1.63. The van der Waals surface area contributed by atoms with Crippen LogP contribution in [0, 0.1) is 6.92 Å². The molecular weight excluding hydrogens is 276 g/mol. The summed E-state index contributed by atoms with van der Waals surface area (Å²) in [6, 6.07) is 17.4. The molecule has 0 aromatic heterocycles. The minimum Gasteiger partial charge on any atom is -0.344 e. The van der Waals surface area contributed by atoms with Crippen LogP contribution in [0.4, 0.5) is 0 Å². The van der Waals surface area contributed by atoms with Crippen molar-refractivity contribution < 1.29 is 9.59 Å². The van der Waals surface area contributed by atoms with Gasteiger partial charge in [0, 0.05) is 20.1 Å². The van der Waals surface area contributed by atoms with E-state index in [0.29, 0.717) is 13.1 Å². The number of nitrogens with one attached hydrogen (secondary N) is 1. The summed E-state index contributed by atoms with van der Waals surface area (Å²) < 4.78 is 0. The lowest BCUT2D eigenvalue weighted by atomic mass is 10.1. The minimum atomic E-state index is -0.582. The Morgan fingerprint density at radius 3 is 2.32 bits per heavy atom. The van der Waals surface area contributed by atoms with Crippen LogP contribution in [0.5, 0.6) is 0 Å². The van der Waals surface area contributed by atoms with Gasteiger partial charge in [0.1, 0.15) is 0 Å². The summed E-state index contributed by atoms with van der Waals surface area (Å²) in [6.45, 7) is 2.75. The monoisotopic (exact) mass is 296 g/mol. The van der Waals surface area contributed by atoms with E-state index >= 15 is 0 Å². The van der Waals surface area contributed by atoms with Gasteiger partial charge in [0.25, 0.3) is 0 Å². The molecule has 0 saturated heterocycles. The van der Waals surface area contributed by atoms with E-state index in [4.69, 9.17) is 0 Å². The number of aryl methyl sites for hydroxylation is 1. The van der Waals surface area contributed by atoms with Gasteiger partial charge >= 0.3 is 11.8 Å². The Morgan fingerprint density at radius 1 is 1.00 bits per heavy atom. The topological polar surface area (TPSA) is 49.4 Å². The Bertz CT molecular complexity index is 653. The van der Waals surface area contributed by atoms with E-state index in [0.717, 1.165) is 16.7 Å². The predicted molar refractivity (Wildman–Crippen MR) is 85.9 cm³/mol. The summed E-state index contributed by atoms with van der Waals surface area (Å²) in [5.41, 5.74) is 3.09. The summed E-state index contributed by atoms with van der Waals surface area (Å²) in [6.07, 6.45) is 0. The van der Waals surface area contributed by atoms with Gasteiger partial charge in [-0.1, -0.05) is 54.6 Å². The number of carbonyl (C=O) groups is 2. The summed E-state index contributed by atoms with van der Waals surface area (Å²) in [5.74, 6) is -1.11. The lowest BCUT2D eigenvalue weighted by molar-refractivity contribution is -0.145.